The average Bonchev–Trinajstić information content (AvgIpc) is 2.52. The number of rotatable bonds is 4. The summed E-state index contributed by atoms with van der Waals surface area (Å²) >= 11 is 6.35. The molecule has 1 aromatic rings. The number of urea groups is 1. The highest BCUT2D eigenvalue weighted by Crippen LogP contribution is 2.34. The van der Waals surface area contributed by atoms with Gasteiger partial charge >= 0.3 is 6.03 Å². The van der Waals surface area contributed by atoms with Crippen LogP contribution in [0.2, 0.25) is 5.02 Å². The lowest BCUT2D eigenvalue weighted by atomic mass is 9.86. The third kappa shape index (κ3) is 4.99. The Labute approximate surface area is 152 Å². The van der Waals surface area contributed by atoms with Crippen LogP contribution < -0.4 is 21.3 Å². The average molecular weight is 369 g/mol. The molecule has 0 radical (unpaired) electrons. The number of carbonyl (C=O) groups is 2. The van der Waals surface area contributed by atoms with Crippen LogP contribution in [0.15, 0.2) is 18.2 Å². The number of morpholine rings is 1. The van der Waals surface area contributed by atoms with Crippen molar-refractivity contribution in [3.05, 3.63) is 23.2 Å². The Morgan fingerprint density at radius 1 is 1.28 bits per heavy atom. The Morgan fingerprint density at radius 2 is 1.92 bits per heavy atom. The van der Waals surface area contributed by atoms with Crippen molar-refractivity contribution in [1.29, 1.82) is 0 Å². The van der Waals surface area contributed by atoms with Gasteiger partial charge in [-0.2, -0.15) is 0 Å². The van der Waals surface area contributed by atoms with Gasteiger partial charge < -0.3 is 26.0 Å². The highest BCUT2D eigenvalue weighted by atomic mass is 35.5. The van der Waals surface area contributed by atoms with Gasteiger partial charge in [0.15, 0.2) is 0 Å². The van der Waals surface area contributed by atoms with Crippen molar-refractivity contribution in [2.24, 2.45) is 11.1 Å². The van der Waals surface area contributed by atoms with Crippen LogP contribution in [-0.4, -0.2) is 44.3 Å². The number of ether oxygens (including phenoxy) is 1. The van der Waals surface area contributed by atoms with E-state index in [1.54, 1.807) is 18.2 Å². The number of primary amides is 1. The van der Waals surface area contributed by atoms with Crippen molar-refractivity contribution in [3.63, 3.8) is 0 Å². The first-order valence-corrected chi connectivity index (χ1v) is 8.56. The molecule has 25 heavy (non-hydrogen) atoms. The van der Waals surface area contributed by atoms with Gasteiger partial charge in [-0.3, -0.25) is 4.79 Å². The summed E-state index contributed by atoms with van der Waals surface area (Å²) in [5.41, 5.74) is 6.23. The number of para-hydroxylation sites is 1. The van der Waals surface area contributed by atoms with E-state index in [1.165, 1.54) is 0 Å². The van der Waals surface area contributed by atoms with Gasteiger partial charge in [-0.25, -0.2) is 4.79 Å². The molecule has 1 saturated heterocycles. The fourth-order valence-electron chi connectivity index (χ4n) is 2.73. The summed E-state index contributed by atoms with van der Waals surface area (Å²) in [6, 6.07) is 4.01. The summed E-state index contributed by atoms with van der Waals surface area (Å²) < 4.78 is 5.36. The number of halogens is 1. The summed E-state index contributed by atoms with van der Waals surface area (Å²) in [6.07, 6.45) is 0. The van der Waals surface area contributed by atoms with Gasteiger partial charge in [0.1, 0.15) is 6.04 Å². The maximum atomic E-state index is 12.4. The predicted molar refractivity (Wildman–Crippen MR) is 99.1 cm³/mol. The van der Waals surface area contributed by atoms with Gasteiger partial charge in [-0.1, -0.05) is 38.4 Å². The molecule has 1 aromatic carbocycles. The van der Waals surface area contributed by atoms with E-state index >= 15 is 0 Å². The highest BCUT2D eigenvalue weighted by molar-refractivity contribution is 6.34. The lowest BCUT2D eigenvalue weighted by Crippen LogP contribution is -2.53. The molecule has 3 amide bonds. The van der Waals surface area contributed by atoms with Gasteiger partial charge in [0, 0.05) is 13.1 Å². The molecule has 0 bridgehead atoms. The van der Waals surface area contributed by atoms with Crippen molar-refractivity contribution in [3.8, 4) is 0 Å². The van der Waals surface area contributed by atoms with Crippen molar-refractivity contribution < 1.29 is 14.3 Å². The van der Waals surface area contributed by atoms with Gasteiger partial charge in [-0.15, -0.1) is 0 Å². The van der Waals surface area contributed by atoms with Gasteiger partial charge in [0.2, 0.25) is 5.91 Å². The molecule has 1 atom stereocenters. The molecule has 0 aromatic heterocycles. The molecule has 1 heterocycles. The topological polar surface area (TPSA) is 96.7 Å². The number of nitrogens with two attached hydrogens (primary N) is 1. The molecule has 4 N–H and O–H groups in total. The molecule has 1 aliphatic heterocycles. The van der Waals surface area contributed by atoms with E-state index < -0.39 is 23.4 Å². The normalized spacial score (nSPS) is 16.2. The Hall–Kier alpha value is -1.99. The minimum Gasteiger partial charge on any atom is -0.378 e. The second-order valence-electron chi connectivity index (χ2n) is 7.04. The molecule has 0 saturated carbocycles. The lowest BCUT2D eigenvalue weighted by Gasteiger charge is -2.32. The quantitative estimate of drug-likeness (QED) is 0.759. The highest BCUT2D eigenvalue weighted by Gasteiger charge is 2.31. The molecule has 2 rings (SSSR count). The maximum absolute atomic E-state index is 12.4. The number of carbonyl (C=O) groups excluding carboxylic acids is 2. The van der Waals surface area contributed by atoms with E-state index in [4.69, 9.17) is 22.1 Å². The van der Waals surface area contributed by atoms with Crippen LogP contribution in [0.3, 0.4) is 0 Å². The Balaban J connectivity index is 2.18. The predicted octanol–water partition coefficient (Wildman–Crippen LogP) is 2.20. The minimum absolute atomic E-state index is 0.495. The fourth-order valence-corrected chi connectivity index (χ4v) is 3.02. The summed E-state index contributed by atoms with van der Waals surface area (Å²) in [6.45, 7) is 8.08. The first-order chi connectivity index (χ1) is 11.7. The number of hydrogen-bond acceptors (Lipinski definition) is 4. The van der Waals surface area contributed by atoms with Crippen molar-refractivity contribution in [1.82, 2.24) is 5.32 Å². The SMILES string of the molecule is CC(C)(C)[C@H](NC(=O)Nc1cccc(Cl)c1N1CCOCC1)C(N)=O. The van der Waals surface area contributed by atoms with E-state index in [-0.39, 0.29) is 0 Å². The minimum atomic E-state index is -0.793. The summed E-state index contributed by atoms with van der Waals surface area (Å²) in [5, 5.41) is 5.97. The van der Waals surface area contributed by atoms with Crippen LogP contribution in [0.25, 0.3) is 0 Å². The molecule has 0 spiro atoms. The molecular weight excluding hydrogens is 344 g/mol. The number of anilines is 2. The lowest BCUT2D eigenvalue weighted by molar-refractivity contribution is -0.122. The number of hydrogen-bond donors (Lipinski definition) is 3. The maximum Gasteiger partial charge on any atom is 0.319 e. The van der Waals surface area contributed by atoms with Gasteiger partial charge in [0.25, 0.3) is 0 Å². The first kappa shape index (κ1) is 19.3. The molecule has 8 heteroatoms. The second-order valence-corrected chi connectivity index (χ2v) is 7.44. The second kappa shape index (κ2) is 7.93. The van der Waals surface area contributed by atoms with Crippen LogP contribution in [0.1, 0.15) is 20.8 Å². The monoisotopic (exact) mass is 368 g/mol. The van der Waals surface area contributed by atoms with Crippen LogP contribution >= 0.6 is 11.6 Å². The number of nitrogens with zero attached hydrogens (tertiary/aromatic N) is 1. The van der Waals surface area contributed by atoms with Gasteiger partial charge in [-0.05, 0) is 17.5 Å². The first-order valence-electron chi connectivity index (χ1n) is 8.18. The molecule has 7 nitrogen and oxygen atoms in total. The van der Waals surface area contributed by atoms with E-state index in [2.05, 4.69) is 15.5 Å². The third-order valence-electron chi connectivity index (χ3n) is 3.99. The smallest absolute Gasteiger partial charge is 0.319 e. The largest absolute Gasteiger partial charge is 0.378 e. The van der Waals surface area contributed by atoms with Crippen LogP contribution in [0.4, 0.5) is 16.2 Å². The third-order valence-corrected chi connectivity index (χ3v) is 4.29. The van der Waals surface area contributed by atoms with E-state index in [0.717, 1.165) is 5.69 Å². The summed E-state index contributed by atoms with van der Waals surface area (Å²) in [5.74, 6) is -0.581. The molecule has 138 valence electrons. The Morgan fingerprint density at radius 3 is 2.48 bits per heavy atom. The van der Waals surface area contributed by atoms with Crippen LogP contribution in [-0.2, 0) is 9.53 Å². The van der Waals surface area contributed by atoms with E-state index in [0.29, 0.717) is 37.0 Å². The van der Waals surface area contributed by atoms with Crippen molar-refractivity contribution in [2.75, 3.05) is 36.5 Å². The summed E-state index contributed by atoms with van der Waals surface area (Å²) in [7, 11) is 0. The standard InChI is InChI=1S/C17H25ClN4O3/c1-17(2,3)14(15(19)23)21-16(24)20-12-6-4-5-11(18)13(12)22-7-9-25-10-8-22/h4-6,14H,7-10H2,1-3H3,(H2,19,23)(H2,20,21,24)/t14-/m1/s1. The zero-order chi connectivity index (χ0) is 18.6. The zero-order valence-electron chi connectivity index (χ0n) is 14.8. The van der Waals surface area contributed by atoms with Gasteiger partial charge in [0.05, 0.1) is 29.6 Å². The fraction of sp³-hybridized carbons (Fsp3) is 0.529. The Bertz CT molecular complexity index is 639. The van der Waals surface area contributed by atoms with E-state index in [9.17, 15) is 9.59 Å². The molecular formula is C17H25ClN4O3. The van der Waals surface area contributed by atoms with E-state index in [1.807, 2.05) is 20.8 Å². The number of benzene rings is 1. The number of nitrogens with one attached hydrogen (secondary N) is 2. The number of amides is 3. The van der Waals surface area contributed by atoms with Crippen LogP contribution in [0.5, 0.6) is 0 Å². The van der Waals surface area contributed by atoms with Crippen LogP contribution in [0, 0.1) is 5.41 Å². The molecule has 0 unspecified atom stereocenters. The Kier molecular flexibility index (Phi) is 6.13. The summed E-state index contributed by atoms with van der Waals surface area (Å²) in [4.78, 5) is 26.1. The molecule has 1 aliphatic rings. The molecule has 0 aliphatic carbocycles. The van der Waals surface area contributed by atoms with Crippen molar-refractivity contribution >= 4 is 34.9 Å². The van der Waals surface area contributed by atoms with Crippen molar-refractivity contribution in [2.45, 2.75) is 26.8 Å². The molecule has 1 fully saturated rings. The zero-order valence-corrected chi connectivity index (χ0v) is 15.5.